The van der Waals surface area contributed by atoms with Gasteiger partial charge < -0.3 is 15.8 Å². The summed E-state index contributed by atoms with van der Waals surface area (Å²) in [6.07, 6.45) is 3.25. The highest BCUT2D eigenvalue weighted by Gasteiger charge is 2.49. The third-order valence-electron chi connectivity index (χ3n) is 9.13. The van der Waals surface area contributed by atoms with E-state index in [1.807, 2.05) is 6.07 Å². The maximum absolute atomic E-state index is 16.8. The number of alkyl halides is 1. The summed E-state index contributed by atoms with van der Waals surface area (Å²) in [7, 11) is 0. The van der Waals surface area contributed by atoms with Gasteiger partial charge in [0.15, 0.2) is 5.82 Å². The summed E-state index contributed by atoms with van der Waals surface area (Å²) >= 11 is 7.63. The Kier molecular flexibility index (Phi) is 8.39. The van der Waals surface area contributed by atoms with E-state index in [0.717, 1.165) is 36.4 Å². The van der Waals surface area contributed by atoms with Crippen LogP contribution >= 0.6 is 22.9 Å². The number of nitriles is 1. The Hall–Kier alpha value is -4.45. The molecule has 0 unspecified atom stereocenters. The number of ether oxygens (including phenoxy) is 1. The fourth-order valence-corrected chi connectivity index (χ4v) is 8.14. The first-order valence-electron chi connectivity index (χ1n) is 15.5. The number of nitrogens with one attached hydrogen (secondary N) is 1. The lowest BCUT2D eigenvalue weighted by atomic mass is 9.95. The van der Waals surface area contributed by atoms with Crippen LogP contribution in [0, 0.1) is 29.9 Å². The molecule has 0 aliphatic carbocycles. The lowest BCUT2D eigenvalue weighted by Crippen LogP contribution is -2.43. The van der Waals surface area contributed by atoms with Gasteiger partial charge in [-0.2, -0.15) is 20.3 Å². The number of hydrogen-bond donors (Lipinski definition) is 2. The third-order valence-corrected chi connectivity index (χ3v) is 10.5. The molecule has 7 rings (SSSR count). The van der Waals surface area contributed by atoms with E-state index in [9.17, 15) is 18.8 Å². The number of nitrogens with zero attached hydrogens (tertiary/aromatic N) is 6. The van der Waals surface area contributed by atoms with Crippen LogP contribution in [-0.2, 0) is 0 Å². The summed E-state index contributed by atoms with van der Waals surface area (Å²) in [4.78, 5) is 23.7. The second-order valence-corrected chi connectivity index (χ2v) is 13.7. The largest absolute Gasteiger partial charge is 0.461 e. The molecule has 48 heavy (non-hydrogen) atoms. The number of halogens is 4. The normalized spacial score (nSPS) is 19.2. The van der Waals surface area contributed by atoms with Crippen LogP contribution in [0.5, 0.6) is 6.01 Å². The summed E-state index contributed by atoms with van der Waals surface area (Å²) < 4.78 is 53.5. The molecule has 15 heteroatoms. The molecule has 5 heterocycles. The van der Waals surface area contributed by atoms with Crippen LogP contribution in [0.3, 0.4) is 0 Å². The van der Waals surface area contributed by atoms with Gasteiger partial charge in [-0.1, -0.05) is 17.7 Å². The maximum Gasteiger partial charge on any atom is 0.319 e. The number of rotatable bonds is 9. The molecule has 0 radical (unpaired) electrons. The first-order valence-corrected chi connectivity index (χ1v) is 16.7. The highest BCUT2D eigenvalue weighted by molar-refractivity contribution is 7.23. The average molecular weight is 695 g/mol. The molecule has 2 aromatic carbocycles. The fraction of sp³-hybridized carbons (Fsp3) is 0.364. The number of nitrogen functional groups attached to an aromatic ring is 1. The van der Waals surface area contributed by atoms with Gasteiger partial charge in [-0.25, -0.2) is 17.9 Å². The highest BCUT2D eigenvalue weighted by Crippen LogP contribution is 2.46. The van der Waals surface area contributed by atoms with Crippen molar-refractivity contribution in [3.8, 4) is 23.2 Å². The Morgan fingerprint density at radius 1 is 1.31 bits per heavy atom. The lowest BCUT2D eigenvalue weighted by molar-refractivity contribution is 0.0885. The summed E-state index contributed by atoms with van der Waals surface area (Å²) in [5.41, 5.74) is 6.26. The summed E-state index contributed by atoms with van der Waals surface area (Å²) in [5.74, 6) is -1.39. The summed E-state index contributed by atoms with van der Waals surface area (Å²) in [5, 5.41) is 17.6. The minimum absolute atomic E-state index is 0.0217. The van der Waals surface area contributed by atoms with E-state index in [0.29, 0.717) is 19.4 Å². The van der Waals surface area contributed by atoms with Crippen LogP contribution in [0.4, 0.5) is 24.0 Å². The van der Waals surface area contributed by atoms with Gasteiger partial charge in [-0.15, -0.1) is 11.3 Å². The van der Waals surface area contributed by atoms with Crippen LogP contribution in [0.25, 0.3) is 32.1 Å². The lowest BCUT2D eigenvalue weighted by Gasteiger charge is -2.30. The van der Waals surface area contributed by atoms with Gasteiger partial charge in [0, 0.05) is 48.5 Å². The van der Waals surface area contributed by atoms with Gasteiger partial charge in [-0.05, 0) is 56.5 Å². The Balaban J connectivity index is 1.27. The van der Waals surface area contributed by atoms with Gasteiger partial charge >= 0.3 is 6.01 Å². The van der Waals surface area contributed by atoms with Crippen molar-refractivity contribution < 1.29 is 22.7 Å². The zero-order chi connectivity index (χ0) is 33.7. The smallest absolute Gasteiger partial charge is 0.319 e. The van der Waals surface area contributed by atoms with E-state index in [2.05, 4.69) is 25.3 Å². The van der Waals surface area contributed by atoms with Crippen LogP contribution in [0.2, 0.25) is 5.02 Å². The number of aryl methyl sites for hydroxylation is 1. The second kappa shape index (κ2) is 12.5. The molecule has 2 atom stereocenters. The van der Waals surface area contributed by atoms with Crippen LogP contribution < -0.4 is 15.8 Å². The van der Waals surface area contributed by atoms with Crippen molar-refractivity contribution in [2.45, 2.75) is 50.7 Å². The summed E-state index contributed by atoms with van der Waals surface area (Å²) in [6.45, 7) is 3.32. The van der Waals surface area contributed by atoms with E-state index in [1.54, 1.807) is 19.2 Å². The van der Waals surface area contributed by atoms with Gasteiger partial charge in [0.05, 0.1) is 26.5 Å². The molecule has 2 aliphatic rings. The van der Waals surface area contributed by atoms with Crippen molar-refractivity contribution in [2.75, 3.05) is 37.3 Å². The predicted molar refractivity (Wildman–Crippen MR) is 178 cm³/mol. The number of carbonyl (C=O) groups excluding carboxylic acids is 1. The monoisotopic (exact) mass is 694 g/mol. The minimum Gasteiger partial charge on any atom is -0.461 e. The van der Waals surface area contributed by atoms with E-state index in [-0.39, 0.29) is 85.0 Å². The molecule has 0 bridgehead atoms. The number of thiophene rings is 1. The molecule has 2 saturated heterocycles. The fourth-order valence-electron chi connectivity index (χ4n) is 6.89. The third kappa shape index (κ3) is 5.59. The second-order valence-electron chi connectivity index (χ2n) is 12.2. The zero-order valence-electron chi connectivity index (χ0n) is 25.8. The molecule has 0 amide bonds. The Labute approximate surface area is 282 Å². The molecular weight excluding hydrogens is 665 g/mol. The van der Waals surface area contributed by atoms with E-state index >= 15 is 4.39 Å². The number of aromatic nitrogens is 4. The van der Waals surface area contributed by atoms with Crippen molar-refractivity contribution in [1.82, 2.24) is 24.6 Å². The van der Waals surface area contributed by atoms with Crippen molar-refractivity contribution in [3.63, 3.8) is 0 Å². The van der Waals surface area contributed by atoms with Crippen molar-refractivity contribution in [1.29, 1.82) is 5.26 Å². The number of carbonyl (C=O) groups is 1. The predicted octanol–water partition coefficient (Wildman–Crippen LogP) is 6.89. The molecule has 5 aromatic rings. The number of anilines is 2. The molecule has 10 nitrogen and oxygen atoms in total. The van der Waals surface area contributed by atoms with Gasteiger partial charge in [0.1, 0.15) is 41.0 Å². The van der Waals surface area contributed by atoms with E-state index in [1.165, 1.54) is 22.9 Å². The molecule has 2 fully saturated rings. The van der Waals surface area contributed by atoms with Crippen LogP contribution in [-0.4, -0.2) is 68.5 Å². The Morgan fingerprint density at radius 2 is 2.15 bits per heavy atom. The Bertz CT molecular complexity index is 2130. The maximum atomic E-state index is 16.8. The summed E-state index contributed by atoms with van der Waals surface area (Å²) in [6, 6.07) is 7.65. The van der Waals surface area contributed by atoms with Crippen LogP contribution in [0.1, 0.15) is 48.2 Å². The van der Waals surface area contributed by atoms with Crippen molar-refractivity contribution in [2.24, 2.45) is 0 Å². The standard InChI is InChI=1S/C33H30ClF3N8O2S/c1-17-7-11-45(43-17)24(46)4-2-9-40-31-20-12-22(34)26(19-5-6-23(36)29-25(19)21(14-38)30(39)48-29)27(37)28(20)41-32(42-31)47-16-33-8-3-10-44(33)15-18(35)13-33/h5-7,11-12,18H,2-4,8-10,13,15-16,39H2,1H3,(H,40,41,42)/t18-,33+/m1/s1. The van der Waals surface area contributed by atoms with Gasteiger partial charge in [-0.3, -0.25) is 9.69 Å². The quantitative estimate of drug-likeness (QED) is 0.158. The van der Waals surface area contributed by atoms with Gasteiger partial charge in [0.25, 0.3) is 0 Å². The van der Waals surface area contributed by atoms with Gasteiger partial charge in [0.2, 0.25) is 5.91 Å². The Morgan fingerprint density at radius 3 is 2.92 bits per heavy atom. The van der Waals surface area contributed by atoms with E-state index < -0.39 is 23.3 Å². The molecule has 0 spiro atoms. The minimum atomic E-state index is -0.962. The topological polar surface area (TPSA) is 135 Å². The average Bonchev–Trinajstić information content (AvgIpc) is 3.81. The number of nitrogens with two attached hydrogens (primary N) is 1. The molecule has 0 saturated carbocycles. The SMILES string of the molecule is Cc1ccn(C(=O)CCCNc2nc(OC[C@@]34CCCN3C[C@H](F)C4)nc3c(F)c(-c4ccc(F)c5sc(N)c(C#N)c45)c(Cl)cc23)n1. The number of fused-ring (bicyclic) bond motifs is 3. The number of benzene rings is 2. The zero-order valence-corrected chi connectivity index (χ0v) is 27.4. The highest BCUT2D eigenvalue weighted by atomic mass is 35.5. The van der Waals surface area contributed by atoms with E-state index in [4.69, 9.17) is 22.1 Å². The first kappa shape index (κ1) is 32.1. The van der Waals surface area contributed by atoms with Crippen molar-refractivity contribution in [3.05, 3.63) is 58.4 Å². The molecule has 2 aliphatic heterocycles. The molecular formula is C33H30ClF3N8O2S. The molecule has 3 N–H and O–H groups in total. The number of hydrogen-bond acceptors (Lipinski definition) is 10. The first-order chi connectivity index (χ1) is 23.1. The van der Waals surface area contributed by atoms with Crippen LogP contribution in [0.15, 0.2) is 30.5 Å². The molecule has 3 aromatic heterocycles. The molecule has 248 valence electrons. The van der Waals surface area contributed by atoms with Crippen molar-refractivity contribution >= 4 is 60.7 Å².